The monoisotopic (exact) mass is 263 g/mol. The Hall–Kier alpha value is -1.10. The number of nitrogens with zero attached hydrogens (tertiary/aromatic N) is 3. The molecule has 0 spiro atoms. The Labute approximate surface area is 115 Å². The first-order chi connectivity index (χ1) is 9.06. The van der Waals surface area contributed by atoms with Crippen molar-refractivity contribution in [2.24, 2.45) is 5.41 Å². The molecule has 2 heterocycles. The van der Waals surface area contributed by atoms with Crippen LogP contribution in [0.25, 0.3) is 0 Å². The molecule has 19 heavy (non-hydrogen) atoms. The molecule has 1 aromatic rings. The lowest BCUT2D eigenvalue weighted by atomic mass is 9.81. The summed E-state index contributed by atoms with van der Waals surface area (Å²) in [6, 6.07) is 0.513. The lowest BCUT2D eigenvalue weighted by molar-refractivity contribution is 0.322. The Morgan fingerprint density at radius 2 is 2.21 bits per heavy atom. The van der Waals surface area contributed by atoms with Crippen LogP contribution in [-0.2, 0) is 0 Å². The summed E-state index contributed by atoms with van der Waals surface area (Å²) >= 11 is 0. The van der Waals surface area contributed by atoms with Crippen molar-refractivity contribution in [3.05, 3.63) is 5.82 Å². The zero-order chi connectivity index (χ0) is 13.5. The average molecular weight is 263 g/mol. The second-order valence-corrected chi connectivity index (χ2v) is 6.76. The first-order valence-electron chi connectivity index (χ1n) is 7.47. The summed E-state index contributed by atoms with van der Waals surface area (Å²) in [6.45, 7) is 9.90. The van der Waals surface area contributed by atoms with Crippen LogP contribution in [0.5, 0.6) is 0 Å². The van der Waals surface area contributed by atoms with Gasteiger partial charge in [-0.05, 0) is 25.2 Å². The number of rotatable bonds is 2. The second-order valence-electron chi connectivity index (χ2n) is 6.76. The highest BCUT2D eigenvalue weighted by atomic mass is 15.4. The van der Waals surface area contributed by atoms with Crippen LogP contribution in [0.3, 0.4) is 0 Å². The molecule has 0 aromatic carbocycles. The summed E-state index contributed by atoms with van der Waals surface area (Å²) in [6.07, 6.45) is 3.83. The summed E-state index contributed by atoms with van der Waals surface area (Å²) in [5.41, 5.74) is 0.355. The van der Waals surface area contributed by atoms with Crippen molar-refractivity contribution < 1.29 is 0 Å². The van der Waals surface area contributed by atoms with E-state index in [9.17, 15) is 0 Å². The summed E-state index contributed by atoms with van der Waals surface area (Å²) in [4.78, 5) is 7.06. The van der Waals surface area contributed by atoms with Gasteiger partial charge in [-0.15, -0.1) is 5.10 Å². The molecule has 1 aliphatic heterocycles. The fraction of sp³-hybridized carbons (Fsp3) is 0.857. The van der Waals surface area contributed by atoms with Gasteiger partial charge in [-0.3, -0.25) is 5.10 Å². The van der Waals surface area contributed by atoms with Crippen LogP contribution in [0.1, 0.15) is 51.8 Å². The molecule has 1 saturated carbocycles. The highest BCUT2D eigenvalue weighted by Crippen LogP contribution is 2.47. The summed E-state index contributed by atoms with van der Waals surface area (Å²) in [5.74, 6) is 2.50. The minimum atomic E-state index is 0.355. The molecule has 0 radical (unpaired) electrons. The average Bonchev–Trinajstić information content (AvgIpc) is 2.95. The smallest absolute Gasteiger partial charge is 0.244 e. The molecule has 2 atom stereocenters. The zero-order valence-corrected chi connectivity index (χ0v) is 12.2. The predicted octanol–water partition coefficient (Wildman–Crippen LogP) is 1.90. The highest BCUT2D eigenvalue weighted by molar-refractivity contribution is 5.31. The van der Waals surface area contributed by atoms with E-state index in [4.69, 9.17) is 4.98 Å². The van der Waals surface area contributed by atoms with Gasteiger partial charge in [0.15, 0.2) is 0 Å². The number of H-pyrrole nitrogens is 1. The Balaban J connectivity index is 1.76. The molecule has 1 unspecified atom stereocenters. The zero-order valence-electron chi connectivity index (χ0n) is 12.2. The van der Waals surface area contributed by atoms with Crippen LogP contribution in [0.15, 0.2) is 0 Å². The highest BCUT2D eigenvalue weighted by Gasteiger charge is 2.37. The van der Waals surface area contributed by atoms with Crippen molar-refractivity contribution in [2.45, 2.75) is 52.0 Å². The number of piperazine rings is 1. The first kappa shape index (κ1) is 12.9. The fourth-order valence-corrected chi connectivity index (χ4v) is 3.51. The van der Waals surface area contributed by atoms with Crippen molar-refractivity contribution in [3.63, 3.8) is 0 Å². The number of aromatic amines is 1. The third kappa shape index (κ3) is 2.48. The maximum atomic E-state index is 4.78. The van der Waals surface area contributed by atoms with Crippen LogP contribution in [0.4, 0.5) is 5.95 Å². The summed E-state index contributed by atoms with van der Waals surface area (Å²) < 4.78 is 0. The maximum Gasteiger partial charge on any atom is 0.244 e. The van der Waals surface area contributed by atoms with Crippen LogP contribution in [0, 0.1) is 5.41 Å². The van der Waals surface area contributed by atoms with E-state index in [-0.39, 0.29) is 0 Å². The normalized spacial score (nSPS) is 30.8. The molecule has 5 nitrogen and oxygen atoms in total. The van der Waals surface area contributed by atoms with Crippen LogP contribution >= 0.6 is 0 Å². The molecule has 0 amide bonds. The minimum Gasteiger partial charge on any atom is -0.337 e. The van der Waals surface area contributed by atoms with Crippen molar-refractivity contribution in [1.82, 2.24) is 20.5 Å². The van der Waals surface area contributed by atoms with Gasteiger partial charge >= 0.3 is 0 Å². The van der Waals surface area contributed by atoms with Crippen LogP contribution in [-0.4, -0.2) is 40.9 Å². The summed E-state index contributed by atoms with van der Waals surface area (Å²) in [5, 5.41) is 11.1. The quantitative estimate of drug-likeness (QED) is 0.855. The van der Waals surface area contributed by atoms with Crippen molar-refractivity contribution >= 4 is 5.95 Å². The van der Waals surface area contributed by atoms with Crippen molar-refractivity contribution in [1.29, 1.82) is 0 Å². The van der Waals surface area contributed by atoms with Crippen LogP contribution < -0.4 is 10.2 Å². The van der Waals surface area contributed by atoms with Crippen molar-refractivity contribution in [2.75, 3.05) is 24.5 Å². The maximum absolute atomic E-state index is 4.78. The molecule has 2 aliphatic rings. The third-order valence-corrected chi connectivity index (χ3v) is 4.73. The Bertz CT molecular complexity index is 439. The topological polar surface area (TPSA) is 56.8 Å². The van der Waals surface area contributed by atoms with E-state index in [1.165, 1.54) is 19.3 Å². The van der Waals surface area contributed by atoms with E-state index in [1.807, 2.05) is 0 Å². The first-order valence-corrected chi connectivity index (χ1v) is 7.47. The standard InChI is InChI=1S/C14H25N5/c1-10-9-19(8-7-15-10)13-16-12(17-18-13)11-5-4-6-14(11,2)3/h10-11,15H,4-9H2,1-3H3,(H,16,17,18)/t10-,11?/m0/s1. The lowest BCUT2D eigenvalue weighted by Gasteiger charge is -2.31. The number of anilines is 1. The van der Waals surface area contributed by atoms with Gasteiger partial charge < -0.3 is 10.2 Å². The summed E-state index contributed by atoms with van der Waals surface area (Å²) in [7, 11) is 0. The van der Waals surface area contributed by atoms with E-state index >= 15 is 0 Å². The van der Waals surface area contributed by atoms with Gasteiger partial charge in [0.05, 0.1) is 0 Å². The molecule has 2 fully saturated rings. The largest absolute Gasteiger partial charge is 0.337 e. The van der Waals surface area contributed by atoms with Gasteiger partial charge in [-0.25, -0.2) is 0 Å². The fourth-order valence-electron chi connectivity index (χ4n) is 3.51. The lowest BCUT2D eigenvalue weighted by Crippen LogP contribution is -2.49. The molecule has 1 saturated heterocycles. The minimum absolute atomic E-state index is 0.355. The van der Waals surface area contributed by atoms with E-state index in [0.717, 1.165) is 31.4 Å². The van der Waals surface area contributed by atoms with Gasteiger partial charge in [0.25, 0.3) is 0 Å². The molecule has 5 heteroatoms. The molecule has 2 N–H and O–H groups in total. The Morgan fingerprint density at radius 3 is 2.89 bits per heavy atom. The molecule has 1 aliphatic carbocycles. The molecular formula is C14H25N5. The number of hydrogen-bond donors (Lipinski definition) is 2. The predicted molar refractivity (Wildman–Crippen MR) is 76.4 cm³/mol. The second kappa shape index (κ2) is 4.78. The van der Waals surface area contributed by atoms with E-state index in [0.29, 0.717) is 17.4 Å². The molecule has 106 valence electrons. The number of hydrogen-bond acceptors (Lipinski definition) is 4. The van der Waals surface area contributed by atoms with Crippen LogP contribution in [0.2, 0.25) is 0 Å². The Kier molecular flexibility index (Phi) is 3.25. The molecule has 0 bridgehead atoms. The van der Waals surface area contributed by atoms with E-state index in [1.54, 1.807) is 0 Å². The van der Waals surface area contributed by atoms with E-state index < -0.39 is 0 Å². The molecule has 3 rings (SSSR count). The van der Waals surface area contributed by atoms with Gasteiger partial charge in [0.1, 0.15) is 5.82 Å². The van der Waals surface area contributed by atoms with Gasteiger partial charge in [-0.1, -0.05) is 20.3 Å². The third-order valence-electron chi connectivity index (χ3n) is 4.73. The van der Waals surface area contributed by atoms with E-state index in [2.05, 4.69) is 41.2 Å². The SMILES string of the molecule is C[C@H]1CN(c2n[nH]c(C3CCCC3(C)C)n2)CCN1. The van der Waals surface area contributed by atoms with Gasteiger partial charge in [0, 0.05) is 31.6 Å². The number of nitrogens with one attached hydrogen (secondary N) is 2. The number of aromatic nitrogens is 3. The molecular weight excluding hydrogens is 238 g/mol. The van der Waals surface area contributed by atoms with Gasteiger partial charge in [-0.2, -0.15) is 4.98 Å². The molecule has 1 aromatic heterocycles. The van der Waals surface area contributed by atoms with Crippen molar-refractivity contribution in [3.8, 4) is 0 Å². The van der Waals surface area contributed by atoms with Gasteiger partial charge in [0.2, 0.25) is 5.95 Å². The Morgan fingerprint density at radius 1 is 1.37 bits per heavy atom.